The van der Waals surface area contributed by atoms with Crippen molar-refractivity contribution >= 4 is 21.8 Å². The molecule has 3 aromatic rings. The van der Waals surface area contributed by atoms with E-state index in [-0.39, 0.29) is 12.5 Å². The van der Waals surface area contributed by atoms with Gasteiger partial charge in [0.2, 0.25) is 11.8 Å². The smallest absolute Gasteiger partial charge is 0.254 e. The van der Waals surface area contributed by atoms with Gasteiger partial charge in [-0.25, -0.2) is 0 Å². The summed E-state index contributed by atoms with van der Waals surface area (Å²) >= 11 is 3.35. The lowest BCUT2D eigenvalue weighted by atomic mass is 10.2. The van der Waals surface area contributed by atoms with Gasteiger partial charge in [0.15, 0.2) is 11.5 Å². The molecule has 0 saturated carbocycles. The molecule has 0 bridgehead atoms. The first kappa shape index (κ1) is 18.9. The zero-order valence-electron chi connectivity index (χ0n) is 15.1. The summed E-state index contributed by atoms with van der Waals surface area (Å²) < 4.78 is 17.1. The first-order chi connectivity index (χ1) is 13.0. The van der Waals surface area contributed by atoms with Crippen molar-refractivity contribution in [1.82, 2.24) is 15.1 Å². The maximum Gasteiger partial charge on any atom is 0.254 e. The number of carbonyl (C=O) groups excluding carboxylic acids is 1. The molecular weight excluding hydrogens is 414 g/mol. The minimum absolute atomic E-state index is 0.131. The Kier molecular flexibility index (Phi) is 5.75. The van der Waals surface area contributed by atoms with Crippen LogP contribution in [0.5, 0.6) is 11.5 Å². The minimum atomic E-state index is -0.131. The normalized spacial score (nSPS) is 10.5. The summed E-state index contributed by atoms with van der Waals surface area (Å²) in [5, 5.41) is 8.09. The van der Waals surface area contributed by atoms with Crippen molar-refractivity contribution in [2.75, 3.05) is 21.3 Å². The SMILES string of the molecule is COc1ccc(-c2nnc(CN(C)C(=O)c3ccc(Br)cc3)o2)cc1OC. The second-order valence-electron chi connectivity index (χ2n) is 5.74. The van der Waals surface area contributed by atoms with E-state index in [9.17, 15) is 4.79 Å². The molecule has 1 heterocycles. The van der Waals surface area contributed by atoms with Crippen LogP contribution in [-0.4, -0.2) is 42.3 Å². The van der Waals surface area contributed by atoms with Crippen LogP contribution < -0.4 is 9.47 Å². The Morgan fingerprint density at radius 3 is 2.44 bits per heavy atom. The summed E-state index contributed by atoms with van der Waals surface area (Å²) in [7, 11) is 4.81. The highest BCUT2D eigenvalue weighted by atomic mass is 79.9. The number of amides is 1. The Morgan fingerprint density at radius 1 is 1.07 bits per heavy atom. The topological polar surface area (TPSA) is 77.7 Å². The number of aromatic nitrogens is 2. The summed E-state index contributed by atoms with van der Waals surface area (Å²) in [6, 6.07) is 12.5. The lowest BCUT2D eigenvalue weighted by molar-refractivity contribution is 0.0773. The number of benzene rings is 2. The Bertz CT molecular complexity index is 940. The van der Waals surface area contributed by atoms with Crippen molar-refractivity contribution in [2.24, 2.45) is 0 Å². The average molecular weight is 432 g/mol. The maximum atomic E-state index is 12.5. The molecule has 0 saturated heterocycles. The third kappa shape index (κ3) is 4.28. The first-order valence-electron chi connectivity index (χ1n) is 8.07. The predicted molar refractivity (Wildman–Crippen MR) is 103 cm³/mol. The van der Waals surface area contributed by atoms with Gasteiger partial charge in [0.05, 0.1) is 20.8 Å². The fourth-order valence-corrected chi connectivity index (χ4v) is 2.76. The molecule has 0 aliphatic rings. The Labute approximate surface area is 165 Å². The zero-order valence-corrected chi connectivity index (χ0v) is 16.7. The Balaban J connectivity index is 1.74. The van der Waals surface area contributed by atoms with Gasteiger partial charge in [-0.3, -0.25) is 4.79 Å². The van der Waals surface area contributed by atoms with E-state index >= 15 is 0 Å². The van der Waals surface area contributed by atoms with Crippen LogP contribution in [0, 0.1) is 0 Å². The van der Waals surface area contributed by atoms with E-state index in [4.69, 9.17) is 13.9 Å². The second-order valence-corrected chi connectivity index (χ2v) is 6.65. The third-order valence-corrected chi connectivity index (χ3v) is 4.44. The number of methoxy groups -OCH3 is 2. The molecule has 0 aliphatic carbocycles. The zero-order chi connectivity index (χ0) is 19.4. The molecule has 0 radical (unpaired) electrons. The summed E-state index contributed by atoms with van der Waals surface area (Å²) in [6.45, 7) is 0.204. The average Bonchev–Trinajstić information content (AvgIpc) is 3.15. The van der Waals surface area contributed by atoms with Crippen LogP contribution in [0.2, 0.25) is 0 Å². The quantitative estimate of drug-likeness (QED) is 0.590. The summed E-state index contributed by atoms with van der Waals surface area (Å²) in [5.41, 5.74) is 1.29. The van der Waals surface area contributed by atoms with Gasteiger partial charge in [-0.15, -0.1) is 10.2 Å². The summed E-state index contributed by atoms with van der Waals surface area (Å²) in [5.74, 6) is 1.73. The molecule has 1 aromatic heterocycles. The Hall–Kier alpha value is -2.87. The first-order valence-corrected chi connectivity index (χ1v) is 8.87. The van der Waals surface area contributed by atoms with Gasteiger partial charge >= 0.3 is 0 Å². The predicted octanol–water partition coefficient (Wildman–Crippen LogP) is 3.79. The van der Waals surface area contributed by atoms with Gasteiger partial charge in [0, 0.05) is 22.6 Å². The van der Waals surface area contributed by atoms with Crippen LogP contribution in [0.3, 0.4) is 0 Å². The fraction of sp³-hybridized carbons (Fsp3) is 0.211. The number of halogens is 1. The molecule has 0 aliphatic heterocycles. The van der Waals surface area contributed by atoms with Crippen LogP contribution in [0.4, 0.5) is 0 Å². The van der Waals surface area contributed by atoms with Crippen molar-refractivity contribution in [3.05, 3.63) is 58.4 Å². The molecule has 3 rings (SSSR count). The monoisotopic (exact) mass is 431 g/mol. The van der Waals surface area contributed by atoms with Gasteiger partial charge in [-0.2, -0.15) is 0 Å². The summed E-state index contributed by atoms with van der Waals surface area (Å²) in [6.07, 6.45) is 0. The van der Waals surface area contributed by atoms with E-state index in [0.29, 0.717) is 34.4 Å². The highest BCUT2D eigenvalue weighted by molar-refractivity contribution is 9.10. The lowest BCUT2D eigenvalue weighted by Gasteiger charge is -2.14. The number of carbonyl (C=O) groups is 1. The van der Waals surface area contributed by atoms with Crippen molar-refractivity contribution in [2.45, 2.75) is 6.54 Å². The lowest BCUT2D eigenvalue weighted by Crippen LogP contribution is -2.26. The number of rotatable bonds is 6. The number of hydrogen-bond donors (Lipinski definition) is 0. The molecule has 0 atom stereocenters. The van der Waals surface area contributed by atoms with Gasteiger partial charge in [-0.05, 0) is 42.5 Å². The van der Waals surface area contributed by atoms with Gasteiger partial charge < -0.3 is 18.8 Å². The number of ether oxygens (including phenoxy) is 2. The van der Waals surface area contributed by atoms with Crippen molar-refractivity contribution in [3.63, 3.8) is 0 Å². The van der Waals surface area contributed by atoms with Crippen LogP contribution in [0.15, 0.2) is 51.4 Å². The van der Waals surface area contributed by atoms with Gasteiger partial charge in [-0.1, -0.05) is 15.9 Å². The van der Waals surface area contributed by atoms with E-state index in [1.54, 1.807) is 51.6 Å². The molecule has 140 valence electrons. The third-order valence-electron chi connectivity index (χ3n) is 3.91. The van der Waals surface area contributed by atoms with E-state index in [2.05, 4.69) is 26.1 Å². The molecule has 0 unspecified atom stereocenters. The highest BCUT2D eigenvalue weighted by Gasteiger charge is 2.17. The molecule has 27 heavy (non-hydrogen) atoms. The van der Waals surface area contributed by atoms with E-state index in [1.165, 1.54) is 4.90 Å². The summed E-state index contributed by atoms with van der Waals surface area (Å²) in [4.78, 5) is 14.0. The molecule has 8 heteroatoms. The number of hydrogen-bond acceptors (Lipinski definition) is 6. The Morgan fingerprint density at radius 2 is 1.78 bits per heavy atom. The second kappa shape index (κ2) is 8.22. The van der Waals surface area contributed by atoms with Crippen LogP contribution in [0.25, 0.3) is 11.5 Å². The molecule has 0 N–H and O–H groups in total. The molecule has 7 nitrogen and oxygen atoms in total. The van der Waals surface area contributed by atoms with Crippen LogP contribution in [0.1, 0.15) is 16.2 Å². The molecule has 1 amide bonds. The van der Waals surface area contributed by atoms with Gasteiger partial charge in [0.1, 0.15) is 0 Å². The van der Waals surface area contributed by atoms with E-state index in [1.807, 2.05) is 12.1 Å². The van der Waals surface area contributed by atoms with Crippen molar-refractivity contribution in [1.29, 1.82) is 0 Å². The molecule has 0 fully saturated rings. The number of nitrogens with zero attached hydrogens (tertiary/aromatic N) is 3. The van der Waals surface area contributed by atoms with E-state index < -0.39 is 0 Å². The largest absolute Gasteiger partial charge is 0.493 e. The van der Waals surface area contributed by atoms with Crippen LogP contribution in [-0.2, 0) is 6.54 Å². The molecular formula is C19H18BrN3O4. The van der Waals surface area contributed by atoms with Crippen LogP contribution >= 0.6 is 15.9 Å². The van der Waals surface area contributed by atoms with Crippen molar-refractivity contribution < 1.29 is 18.7 Å². The minimum Gasteiger partial charge on any atom is -0.493 e. The fourth-order valence-electron chi connectivity index (χ4n) is 2.49. The molecule has 0 spiro atoms. The standard InChI is InChI=1S/C19H18BrN3O4/c1-23(19(24)12-4-7-14(20)8-5-12)11-17-21-22-18(27-17)13-6-9-15(25-2)16(10-13)26-3/h4-10H,11H2,1-3H3. The molecule has 2 aromatic carbocycles. The van der Waals surface area contributed by atoms with Crippen molar-refractivity contribution in [3.8, 4) is 23.0 Å². The van der Waals surface area contributed by atoms with E-state index in [0.717, 1.165) is 4.47 Å². The maximum absolute atomic E-state index is 12.5. The highest BCUT2D eigenvalue weighted by Crippen LogP contribution is 2.31. The van der Waals surface area contributed by atoms with Gasteiger partial charge in [0.25, 0.3) is 5.91 Å².